The van der Waals surface area contributed by atoms with E-state index in [1.54, 1.807) is 0 Å². The van der Waals surface area contributed by atoms with Gasteiger partial charge in [0.15, 0.2) is 0 Å². The number of hydroxylamine groups is 2. The van der Waals surface area contributed by atoms with E-state index < -0.39 is 37.2 Å². The number of hydrogen-bond acceptors (Lipinski definition) is 6. The van der Waals surface area contributed by atoms with E-state index >= 15 is 0 Å². The summed E-state index contributed by atoms with van der Waals surface area (Å²) in [6.07, 6.45) is -0.984. The van der Waals surface area contributed by atoms with Gasteiger partial charge >= 0.3 is 27.2 Å². The fourth-order valence-electron chi connectivity index (χ4n) is 1.21. The molecule has 1 amide bonds. The van der Waals surface area contributed by atoms with Crippen LogP contribution in [0.2, 0.25) is 0 Å². The van der Waals surface area contributed by atoms with Crippen LogP contribution in [0.4, 0.5) is 10.5 Å². The third kappa shape index (κ3) is 3.54. The van der Waals surface area contributed by atoms with E-state index in [-0.39, 0.29) is 0 Å². The summed E-state index contributed by atoms with van der Waals surface area (Å²) in [5, 5.41) is 10.2. The van der Waals surface area contributed by atoms with Crippen molar-refractivity contribution in [1.82, 2.24) is 0 Å². The van der Waals surface area contributed by atoms with Crippen LogP contribution in [0.15, 0.2) is 29.2 Å². The summed E-state index contributed by atoms with van der Waals surface area (Å²) in [6.45, 7) is 0. The highest BCUT2D eigenvalue weighted by Gasteiger charge is 2.48. The van der Waals surface area contributed by atoms with Crippen molar-refractivity contribution in [3.63, 3.8) is 0 Å². The monoisotopic (exact) mass is 291 g/mol. The van der Waals surface area contributed by atoms with Crippen LogP contribution in [0.1, 0.15) is 0 Å². The van der Waals surface area contributed by atoms with E-state index in [0.717, 1.165) is 26.3 Å². The zero-order valence-electron chi connectivity index (χ0n) is 10.0. The molecule has 1 aromatic carbocycles. The number of carbonyl (C=O) groups is 1. The van der Waals surface area contributed by atoms with Crippen molar-refractivity contribution >= 4 is 22.3 Å². The van der Waals surface area contributed by atoms with Crippen molar-refractivity contribution in [1.29, 1.82) is 0 Å². The third-order valence-electron chi connectivity index (χ3n) is 2.04. The predicted molar refractivity (Wildman–Crippen MR) is 60.5 cm³/mol. The molecular formula is C9H11N2O7S+2. The Morgan fingerprint density at radius 2 is 2.00 bits per heavy atom. The lowest BCUT2D eigenvalue weighted by atomic mass is 10.3. The number of benzene rings is 1. The van der Waals surface area contributed by atoms with Crippen molar-refractivity contribution in [2.45, 2.75) is 4.90 Å². The second kappa shape index (κ2) is 5.84. The number of ether oxygens (including phenoxy) is 1. The molecule has 0 aliphatic heterocycles. The molecule has 1 aromatic rings. The van der Waals surface area contributed by atoms with Gasteiger partial charge in [0.1, 0.15) is 7.05 Å². The molecule has 19 heavy (non-hydrogen) atoms. The first-order valence-electron chi connectivity index (χ1n) is 4.89. The molecule has 1 radical (unpaired) electrons. The van der Waals surface area contributed by atoms with Crippen LogP contribution in [-0.2, 0) is 28.3 Å². The number of methoxy groups -OCH3 is 1. The molecule has 0 heterocycles. The largest absolute Gasteiger partial charge is 0.551 e. The van der Waals surface area contributed by atoms with Gasteiger partial charge < -0.3 is 4.74 Å². The molecule has 0 fully saturated rings. The number of nitro benzene ring substituents is 1. The normalized spacial score (nSPS) is 15.3. The van der Waals surface area contributed by atoms with E-state index in [2.05, 4.69) is 9.02 Å². The fourth-order valence-corrected chi connectivity index (χ4v) is 2.34. The van der Waals surface area contributed by atoms with Gasteiger partial charge in [0.25, 0.3) is 0 Å². The quantitative estimate of drug-likeness (QED) is 0.471. The first-order valence-corrected chi connectivity index (χ1v) is 6.30. The highest BCUT2D eigenvalue weighted by atomic mass is 32.3. The zero-order valence-corrected chi connectivity index (χ0v) is 10.8. The molecule has 2 atom stereocenters. The molecule has 2 unspecified atom stereocenters. The van der Waals surface area contributed by atoms with Gasteiger partial charge in [-0.1, -0.05) is 12.1 Å². The minimum atomic E-state index is -4.47. The maximum Gasteiger partial charge on any atom is 0.551 e. The van der Waals surface area contributed by atoms with Crippen molar-refractivity contribution in [2.75, 3.05) is 14.2 Å². The Morgan fingerprint density at radius 3 is 2.53 bits per heavy atom. The van der Waals surface area contributed by atoms with E-state index in [1.807, 2.05) is 0 Å². The number of quaternary nitrogens is 1. The minimum Gasteiger partial charge on any atom is -0.421 e. The smallest absolute Gasteiger partial charge is 0.421 e. The first kappa shape index (κ1) is 15.2. The van der Waals surface area contributed by atoms with Gasteiger partial charge in [-0.05, 0) is 9.27 Å². The average molecular weight is 291 g/mol. The van der Waals surface area contributed by atoms with Crippen molar-refractivity contribution in [3.05, 3.63) is 34.4 Å². The Bertz CT molecular complexity index is 547. The molecule has 0 bridgehead atoms. The Balaban J connectivity index is 3.10. The molecule has 1 N–H and O–H groups in total. The Morgan fingerprint density at radius 1 is 1.42 bits per heavy atom. The van der Waals surface area contributed by atoms with E-state index in [4.69, 9.17) is 0 Å². The van der Waals surface area contributed by atoms with Gasteiger partial charge in [-0.25, -0.2) is 0 Å². The summed E-state index contributed by atoms with van der Waals surface area (Å²) in [5.74, 6) is 0. The van der Waals surface area contributed by atoms with E-state index in [0.29, 0.717) is 0 Å². The zero-order chi connectivity index (χ0) is 14.6. The molecule has 0 spiro atoms. The molecule has 10 heteroatoms. The van der Waals surface area contributed by atoms with Crippen LogP contribution in [-0.4, -0.2) is 25.2 Å². The highest BCUT2D eigenvalue weighted by molar-refractivity contribution is 7.93. The van der Waals surface area contributed by atoms with Crippen molar-refractivity contribution < 1.29 is 32.6 Å². The van der Waals surface area contributed by atoms with E-state index in [1.165, 1.54) is 12.1 Å². The van der Waals surface area contributed by atoms with E-state index in [9.17, 15) is 23.7 Å². The number of amides is 1. The summed E-state index contributed by atoms with van der Waals surface area (Å²) < 4.78 is 32.4. The van der Waals surface area contributed by atoms with Gasteiger partial charge in [0.05, 0.1) is 20.9 Å². The van der Waals surface area contributed by atoms with Crippen molar-refractivity contribution in [2.24, 2.45) is 0 Å². The third-order valence-corrected chi connectivity index (χ3v) is 3.39. The van der Waals surface area contributed by atoms with Gasteiger partial charge in [-0.3, -0.25) is 10.1 Å². The molecule has 9 nitrogen and oxygen atoms in total. The standard InChI is InChI=1S/C9H10N2O7S/c1-10(9(12)17-2)18-19(15,16)8-6-4-3-5-7(8)11(13)14/h3-6H,1-2H3/q+1/p+1. The summed E-state index contributed by atoms with van der Waals surface area (Å²) in [4.78, 5) is 20.3. The average Bonchev–Trinajstić information content (AvgIpc) is 2.37. The van der Waals surface area contributed by atoms with Gasteiger partial charge in [-0.2, -0.15) is 4.79 Å². The number of nitro groups is 1. The summed E-state index contributed by atoms with van der Waals surface area (Å²) >= 11 is 0. The number of nitrogens with zero attached hydrogens (tertiary/aromatic N) is 1. The SMILES string of the molecule is COC(=O)[NH+](C)O[S+]([O])(=O)c1ccccc1[N+](=O)[O-]. The summed E-state index contributed by atoms with van der Waals surface area (Å²) in [5.41, 5.74) is -0.639. The first-order chi connectivity index (χ1) is 8.79. The molecule has 1 rings (SSSR count). The second-order valence-electron chi connectivity index (χ2n) is 3.31. The topological polar surface area (TPSA) is 120 Å². The molecular weight excluding hydrogens is 280 g/mol. The van der Waals surface area contributed by atoms with Gasteiger partial charge in [-0.15, -0.1) is 0 Å². The highest BCUT2D eigenvalue weighted by Crippen LogP contribution is 2.27. The molecule has 0 saturated heterocycles. The Kier molecular flexibility index (Phi) is 4.67. The number of para-hydroxylation sites is 1. The molecule has 0 aliphatic carbocycles. The van der Waals surface area contributed by atoms with Crippen LogP contribution in [0.5, 0.6) is 0 Å². The van der Waals surface area contributed by atoms with Gasteiger partial charge in [0, 0.05) is 12.1 Å². The van der Waals surface area contributed by atoms with Crippen molar-refractivity contribution in [3.8, 4) is 0 Å². The lowest BCUT2D eigenvalue weighted by Gasteiger charge is -2.04. The predicted octanol–water partition coefficient (Wildman–Crippen LogP) is -0.0736. The molecule has 0 aliphatic rings. The summed E-state index contributed by atoms with van der Waals surface area (Å²) in [7, 11) is -2.34. The number of hydrogen-bond donors (Lipinski definition) is 1. The van der Waals surface area contributed by atoms with Crippen LogP contribution in [0.25, 0.3) is 0 Å². The van der Waals surface area contributed by atoms with Crippen LogP contribution in [0.3, 0.4) is 0 Å². The lowest BCUT2D eigenvalue weighted by Crippen LogP contribution is -3.11. The molecule has 0 aromatic heterocycles. The lowest BCUT2D eigenvalue weighted by molar-refractivity contribution is -0.983. The molecule has 0 saturated carbocycles. The maximum atomic E-state index is 11.8. The minimum absolute atomic E-state index is 0.541. The van der Waals surface area contributed by atoms with Crippen LogP contribution >= 0.6 is 0 Å². The number of rotatable bonds is 4. The number of alkyl carbamates (subject to hydrolysis) is 1. The number of carbonyl (C=O) groups excluding carboxylic acids is 1. The molecule has 103 valence electrons. The second-order valence-corrected chi connectivity index (χ2v) is 4.82. The Labute approximate surface area is 109 Å². The Hall–Kier alpha value is -1.88. The fraction of sp³-hybridized carbons (Fsp3) is 0.222. The maximum absolute atomic E-state index is 11.8. The van der Waals surface area contributed by atoms with Crippen LogP contribution in [0, 0.1) is 10.1 Å². The van der Waals surface area contributed by atoms with Crippen LogP contribution < -0.4 is 5.06 Å². The number of nitrogens with one attached hydrogen (secondary N) is 1. The summed E-state index contributed by atoms with van der Waals surface area (Å²) in [6, 6.07) is 4.65. The van der Waals surface area contributed by atoms with Gasteiger partial charge in [0.2, 0.25) is 0 Å².